The summed E-state index contributed by atoms with van der Waals surface area (Å²) in [5.74, 6) is -0.658. The molecule has 0 saturated carbocycles. The van der Waals surface area contributed by atoms with Crippen LogP contribution in [0, 0.1) is 0 Å². The smallest absolute Gasteiger partial charge is 0.407 e. The highest BCUT2D eigenvalue weighted by atomic mass is 35.5. The van der Waals surface area contributed by atoms with Crippen LogP contribution in [0.1, 0.15) is 42.4 Å². The molecule has 2 aromatic carbocycles. The predicted molar refractivity (Wildman–Crippen MR) is 125 cm³/mol. The van der Waals surface area contributed by atoms with E-state index in [1.54, 1.807) is 69.3 Å². The molecule has 0 fully saturated rings. The molecule has 0 atom stereocenters. The Labute approximate surface area is 200 Å². The third kappa shape index (κ3) is 6.94. The zero-order chi connectivity index (χ0) is 24.7. The molecule has 11 nitrogen and oxygen atoms in total. The van der Waals surface area contributed by atoms with Gasteiger partial charge in [-0.25, -0.2) is 9.42 Å². The largest absolute Gasteiger partial charge is 0.444 e. The molecule has 2 amide bonds. The van der Waals surface area contributed by atoms with Crippen LogP contribution >= 0.6 is 11.6 Å². The number of benzene rings is 2. The number of ether oxygens (including phenoxy) is 1. The quantitative estimate of drug-likeness (QED) is 0.175. The molecule has 3 rings (SSSR count). The van der Waals surface area contributed by atoms with E-state index in [0.29, 0.717) is 16.3 Å². The van der Waals surface area contributed by atoms with Crippen LogP contribution in [-0.4, -0.2) is 39.0 Å². The number of halogens is 1. The van der Waals surface area contributed by atoms with Crippen LogP contribution in [0.3, 0.4) is 0 Å². The summed E-state index contributed by atoms with van der Waals surface area (Å²) < 4.78 is 9.90. The van der Waals surface area contributed by atoms with Gasteiger partial charge in [0, 0.05) is 22.8 Å². The summed E-state index contributed by atoms with van der Waals surface area (Å²) in [6, 6.07) is 13.2. The normalized spacial score (nSPS) is 11.6. The summed E-state index contributed by atoms with van der Waals surface area (Å²) in [4.78, 5) is 24.4. The van der Waals surface area contributed by atoms with Crippen molar-refractivity contribution in [1.82, 2.24) is 15.6 Å². The first kappa shape index (κ1) is 24.5. The number of amidine groups is 1. The molecule has 3 aromatic rings. The van der Waals surface area contributed by atoms with Crippen molar-refractivity contribution in [2.24, 2.45) is 5.16 Å². The number of aromatic nitrogens is 2. The van der Waals surface area contributed by atoms with Gasteiger partial charge in [0.05, 0.1) is 0 Å². The number of nitrogens with zero attached hydrogens (tertiary/aromatic N) is 3. The Balaban J connectivity index is 1.63. The molecule has 0 aliphatic rings. The second-order valence-electron chi connectivity index (χ2n) is 8.05. The van der Waals surface area contributed by atoms with Crippen molar-refractivity contribution in [2.45, 2.75) is 32.9 Å². The van der Waals surface area contributed by atoms with Gasteiger partial charge < -0.3 is 25.9 Å². The Kier molecular flexibility index (Phi) is 7.69. The van der Waals surface area contributed by atoms with Crippen LogP contribution in [0.4, 0.5) is 16.3 Å². The molecule has 34 heavy (non-hydrogen) atoms. The summed E-state index contributed by atoms with van der Waals surface area (Å²) in [6.07, 6.45) is -0.534. The van der Waals surface area contributed by atoms with Gasteiger partial charge in [-0.05, 0) is 67.0 Å². The summed E-state index contributed by atoms with van der Waals surface area (Å²) in [5, 5.41) is 28.5. The SMILES string of the molecule is CC(C)(C)OC(=O)NCc1ccc(C(=O)Nc2nonc2C(=NO)Nc2cccc(Cl)c2)cc1. The highest BCUT2D eigenvalue weighted by molar-refractivity contribution is 6.31. The van der Waals surface area contributed by atoms with Gasteiger partial charge in [0.1, 0.15) is 5.60 Å². The molecule has 0 radical (unpaired) electrons. The number of anilines is 2. The fraction of sp³-hybridized carbons (Fsp3) is 0.227. The second-order valence-corrected chi connectivity index (χ2v) is 8.49. The van der Waals surface area contributed by atoms with Crippen molar-refractivity contribution >= 4 is 40.9 Å². The molecule has 0 spiro atoms. The summed E-state index contributed by atoms with van der Waals surface area (Å²) >= 11 is 5.96. The first-order valence-corrected chi connectivity index (χ1v) is 10.5. The molecular formula is C22H23ClN6O5. The topological polar surface area (TPSA) is 151 Å². The van der Waals surface area contributed by atoms with Gasteiger partial charge in [0.2, 0.25) is 11.7 Å². The first-order valence-electron chi connectivity index (χ1n) is 10.1. The maximum Gasteiger partial charge on any atom is 0.407 e. The number of amides is 2. The monoisotopic (exact) mass is 486 g/mol. The maximum absolute atomic E-state index is 12.7. The van der Waals surface area contributed by atoms with Gasteiger partial charge in [-0.15, -0.1) is 0 Å². The third-order valence-electron chi connectivity index (χ3n) is 4.18. The van der Waals surface area contributed by atoms with Gasteiger partial charge in [-0.3, -0.25) is 4.79 Å². The van der Waals surface area contributed by atoms with Crippen LogP contribution in [0.5, 0.6) is 0 Å². The minimum absolute atomic E-state index is 0.0194. The van der Waals surface area contributed by atoms with E-state index in [9.17, 15) is 14.8 Å². The Morgan fingerprint density at radius 3 is 2.50 bits per heavy atom. The summed E-state index contributed by atoms with van der Waals surface area (Å²) in [6.45, 7) is 5.56. The Morgan fingerprint density at radius 2 is 1.85 bits per heavy atom. The minimum Gasteiger partial charge on any atom is -0.444 e. The average Bonchev–Trinajstić information content (AvgIpc) is 3.23. The number of nitrogens with one attached hydrogen (secondary N) is 3. The molecule has 0 aliphatic carbocycles. The van der Waals surface area contributed by atoms with E-state index in [1.807, 2.05) is 0 Å². The van der Waals surface area contributed by atoms with Crippen molar-refractivity contribution in [1.29, 1.82) is 0 Å². The first-order chi connectivity index (χ1) is 16.1. The third-order valence-corrected chi connectivity index (χ3v) is 4.42. The maximum atomic E-state index is 12.7. The number of carbonyl (C=O) groups is 2. The number of rotatable bonds is 6. The number of carbonyl (C=O) groups excluding carboxylic acids is 2. The Bertz CT molecular complexity index is 1190. The van der Waals surface area contributed by atoms with Gasteiger partial charge in [0.25, 0.3) is 5.91 Å². The van der Waals surface area contributed by atoms with Crippen molar-refractivity contribution in [3.05, 3.63) is 70.4 Å². The summed E-state index contributed by atoms with van der Waals surface area (Å²) in [5.41, 5.74) is 1.00. The lowest BCUT2D eigenvalue weighted by Gasteiger charge is -2.19. The average molecular weight is 487 g/mol. The van der Waals surface area contributed by atoms with Crippen molar-refractivity contribution in [3.8, 4) is 0 Å². The van der Waals surface area contributed by atoms with Gasteiger partial charge in [0.15, 0.2) is 5.69 Å². The van der Waals surface area contributed by atoms with E-state index >= 15 is 0 Å². The molecule has 1 aromatic heterocycles. The van der Waals surface area contributed by atoms with Crippen LogP contribution < -0.4 is 16.0 Å². The fourth-order valence-electron chi connectivity index (χ4n) is 2.70. The fourth-order valence-corrected chi connectivity index (χ4v) is 2.89. The zero-order valence-electron chi connectivity index (χ0n) is 18.6. The Hall–Kier alpha value is -4.12. The molecule has 12 heteroatoms. The highest BCUT2D eigenvalue weighted by Gasteiger charge is 2.20. The minimum atomic E-state index is -0.592. The van der Waals surface area contributed by atoms with Gasteiger partial charge >= 0.3 is 6.09 Å². The van der Waals surface area contributed by atoms with Crippen LogP contribution in [0.2, 0.25) is 5.02 Å². The molecule has 0 bridgehead atoms. The number of alkyl carbamates (subject to hydrolysis) is 1. The predicted octanol–water partition coefficient (Wildman–Crippen LogP) is 4.25. The number of hydrogen-bond donors (Lipinski definition) is 4. The zero-order valence-corrected chi connectivity index (χ0v) is 19.4. The molecule has 1 heterocycles. The number of oxime groups is 1. The van der Waals surface area contributed by atoms with Gasteiger partial charge in [-0.1, -0.05) is 35.0 Å². The summed E-state index contributed by atoms with van der Waals surface area (Å²) in [7, 11) is 0. The van der Waals surface area contributed by atoms with Crippen molar-refractivity contribution < 1.29 is 24.2 Å². The van der Waals surface area contributed by atoms with E-state index in [4.69, 9.17) is 21.0 Å². The second kappa shape index (κ2) is 10.7. The molecule has 0 saturated heterocycles. The highest BCUT2D eigenvalue weighted by Crippen LogP contribution is 2.18. The lowest BCUT2D eigenvalue weighted by molar-refractivity contribution is 0.0523. The van der Waals surface area contributed by atoms with Crippen LogP contribution in [0.25, 0.3) is 0 Å². The standard InChI is InChI=1S/C22H23ClN6O5/c1-22(2,3)33-21(31)24-12-13-7-9-14(10-8-13)20(30)26-19-17(28-34-29-19)18(27-32)25-16-6-4-5-15(23)11-16/h4-11,32H,12H2,1-3H3,(H,24,31)(H,25,27)(H,26,29,30). The lowest BCUT2D eigenvalue weighted by atomic mass is 10.1. The van der Waals surface area contributed by atoms with Crippen LogP contribution in [0.15, 0.2) is 58.3 Å². The van der Waals surface area contributed by atoms with E-state index in [1.165, 1.54) is 0 Å². The van der Waals surface area contributed by atoms with Crippen molar-refractivity contribution in [3.63, 3.8) is 0 Å². The van der Waals surface area contributed by atoms with Crippen LogP contribution in [-0.2, 0) is 11.3 Å². The van der Waals surface area contributed by atoms with Gasteiger partial charge in [-0.2, -0.15) is 0 Å². The molecule has 0 unspecified atom stereocenters. The van der Waals surface area contributed by atoms with Crippen molar-refractivity contribution in [2.75, 3.05) is 10.6 Å². The Morgan fingerprint density at radius 1 is 1.12 bits per heavy atom. The number of hydrogen-bond acceptors (Lipinski definition) is 8. The van der Waals surface area contributed by atoms with E-state index in [0.717, 1.165) is 5.56 Å². The van der Waals surface area contributed by atoms with E-state index in [-0.39, 0.29) is 23.9 Å². The lowest BCUT2D eigenvalue weighted by Crippen LogP contribution is -2.32. The molecule has 178 valence electrons. The molecular weight excluding hydrogens is 464 g/mol. The van der Waals surface area contributed by atoms with E-state index in [2.05, 4.69) is 31.4 Å². The van der Waals surface area contributed by atoms with E-state index < -0.39 is 17.6 Å². The molecule has 4 N–H and O–H groups in total. The molecule has 0 aliphatic heterocycles.